The van der Waals surface area contributed by atoms with E-state index in [0.717, 1.165) is 22.6 Å². The molecule has 1 aromatic rings. The van der Waals surface area contributed by atoms with Crippen molar-refractivity contribution in [2.24, 2.45) is 0 Å². The fraction of sp³-hybridized carbons (Fsp3) is 0.545. The summed E-state index contributed by atoms with van der Waals surface area (Å²) in [4.78, 5) is 4.09. The molecule has 15 heavy (non-hydrogen) atoms. The van der Waals surface area contributed by atoms with Gasteiger partial charge < -0.3 is 5.11 Å². The monoisotopic (exact) mass is 241 g/mol. The molecule has 0 radical (unpaired) electrons. The molecule has 1 N–H and O–H groups in total. The van der Waals surface area contributed by atoms with Gasteiger partial charge in [-0.05, 0) is 18.6 Å². The molecule has 0 aliphatic carbocycles. The standard InChI is InChI=1S/C11H15NOS2/c1-8-2-3-12-6-9(8)11(13)10-7-14-4-5-15-10/h2-3,6,10-11,13H,4-5,7H2,1H3. The van der Waals surface area contributed by atoms with E-state index in [2.05, 4.69) is 4.98 Å². The molecule has 1 aliphatic heterocycles. The summed E-state index contributed by atoms with van der Waals surface area (Å²) >= 11 is 3.81. The molecular weight excluding hydrogens is 226 g/mol. The Morgan fingerprint density at radius 1 is 1.53 bits per heavy atom. The first-order valence-electron chi connectivity index (χ1n) is 5.07. The van der Waals surface area contributed by atoms with Crippen LogP contribution in [-0.2, 0) is 0 Å². The van der Waals surface area contributed by atoms with Crippen LogP contribution in [0.15, 0.2) is 18.5 Å². The molecule has 0 amide bonds. The van der Waals surface area contributed by atoms with Crippen LogP contribution in [0.5, 0.6) is 0 Å². The van der Waals surface area contributed by atoms with Crippen LogP contribution in [0.25, 0.3) is 0 Å². The Morgan fingerprint density at radius 2 is 2.40 bits per heavy atom. The fourth-order valence-electron chi connectivity index (χ4n) is 1.67. The van der Waals surface area contributed by atoms with Crippen molar-refractivity contribution in [3.63, 3.8) is 0 Å². The summed E-state index contributed by atoms with van der Waals surface area (Å²) < 4.78 is 0. The van der Waals surface area contributed by atoms with Gasteiger partial charge in [-0.25, -0.2) is 0 Å². The molecule has 0 spiro atoms. The molecule has 2 heterocycles. The smallest absolute Gasteiger partial charge is 0.0933 e. The second-order valence-electron chi connectivity index (χ2n) is 3.66. The van der Waals surface area contributed by atoms with E-state index in [4.69, 9.17) is 0 Å². The first-order valence-corrected chi connectivity index (χ1v) is 7.27. The molecule has 2 nitrogen and oxygen atoms in total. The SMILES string of the molecule is Cc1ccncc1C(O)C1CSCCS1. The van der Waals surface area contributed by atoms with Gasteiger partial charge in [0.1, 0.15) is 0 Å². The largest absolute Gasteiger partial charge is 0.387 e. The zero-order valence-electron chi connectivity index (χ0n) is 8.72. The number of thioether (sulfide) groups is 2. The molecule has 0 aromatic carbocycles. The van der Waals surface area contributed by atoms with Gasteiger partial charge in [0.2, 0.25) is 0 Å². The molecular formula is C11H15NOS2. The third kappa shape index (κ3) is 2.68. The number of hydrogen-bond acceptors (Lipinski definition) is 4. The Balaban J connectivity index is 2.12. The number of hydrogen-bond donors (Lipinski definition) is 1. The zero-order chi connectivity index (χ0) is 10.7. The summed E-state index contributed by atoms with van der Waals surface area (Å²) in [5.74, 6) is 3.39. The quantitative estimate of drug-likeness (QED) is 0.861. The van der Waals surface area contributed by atoms with Crippen LogP contribution >= 0.6 is 23.5 Å². The lowest BCUT2D eigenvalue weighted by atomic mass is 10.0. The number of aliphatic hydroxyl groups is 1. The first kappa shape index (κ1) is 11.3. The average molecular weight is 241 g/mol. The highest BCUT2D eigenvalue weighted by Gasteiger charge is 2.25. The fourth-order valence-corrected chi connectivity index (χ4v) is 4.42. The predicted molar refractivity (Wildman–Crippen MR) is 67.5 cm³/mol. The van der Waals surface area contributed by atoms with Crippen molar-refractivity contribution < 1.29 is 5.11 Å². The Kier molecular flexibility index (Phi) is 3.94. The molecule has 2 rings (SSSR count). The number of rotatable bonds is 2. The van der Waals surface area contributed by atoms with Crippen LogP contribution < -0.4 is 0 Å². The Morgan fingerprint density at radius 3 is 3.07 bits per heavy atom. The molecule has 82 valence electrons. The van der Waals surface area contributed by atoms with Gasteiger partial charge >= 0.3 is 0 Å². The average Bonchev–Trinajstić information content (AvgIpc) is 2.30. The van der Waals surface area contributed by atoms with Crippen LogP contribution in [0.1, 0.15) is 17.2 Å². The molecule has 0 bridgehead atoms. The van der Waals surface area contributed by atoms with Crippen LogP contribution in [0.2, 0.25) is 0 Å². The van der Waals surface area contributed by atoms with Gasteiger partial charge in [0.25, 0.3) is 0 Å². The minimum absolute atomic E-state index is 0.326. The maximum atomic E-state index is 10.3. The first-order chi connectivity index (χ1) is 7.29. The maximum Gasteiger partial charge on any atom is 0.0933 e. The molecule has 2 unspecified atom stereocenters. The van der Waals surface area contributed by atoms with Crippen molar-refractivity contribution in [1.82, 2.24) is 4.98 Å². The van der Waals surface area contributed by atoms with Gasteiger partial charge in [-0.3, -0.25) is 4.98 Å². The van der Waals surface area contributed by atoms with Gasteiger partial charge in [0, 0.05) is 40.5 Å². The normalized spacial score (nSPS) is 23.7. The van der Waals surface area contributed by atoms with E-state index in [1.165, 1.54) is 5.75 Å². The minimum atomic E-state index is -0.364. The summed E-state index contributed by atoms with van der Waals surface area (Å²) in [6.45, 7) is 2.03. The summed E-state index contributed by atoms with van der Waals surface area (Å²) in [7, 11) is 0. The number of aliphatic hydroxyl groups excluding tert-OH is 1. The number of pyridine rings is 1. The van der Waals surface area contributed by atoms with Crippen molar-refractivity contribution >= 4 is 23.5 Å². The third-order valence-electron chi connectivity index (χ3n) is 2.59. The summed E-state index contributed by atoms with van der Waals surface area (Å²) in [5.41, 5.74) is 2.12. The van der Waals surface area contributed by atoms with Gasteiger partial charge in [-0.15, -0.1) is 0 Å². The van der Waals surface area contributed by atoms with E-state index in [0.29, 0.717) is 5.25 Å². The van der Waals surface area contributed by atoms with Gasteiger partial charge in [0.05, 0.1) is 6.10 Å². The third-order valence-corrected chi connectivity index (χ3v) is 5.44. The van der Waals surface area contributed by atoms with E-state index in [9.17, 15) is 5.11 Å². The maximum absolute atomic E-state index is 10.3. The van der Waals surface area contributed by atoms with E-state index in [1.807, 2.05) is 36.5 Å². The lowest BCUT2D eigenvalue weighted by Crippen LogP contribution is -2.23. The summed E-state index contributed by atoms with van der Waals surface area (Å²) in [5, 5.41) is 10.6. The van der Waals surface area contributed by atoms with Crippen molar-refractivity contribution in [1.29, 1.82) is 0 Å². The summed E-state index contributed by atoms with van der Waals surface area (Å²) in [6.07, 6.45) is 3.20. The van der Waals surface area contributed by atoms with Gasteiger partial charge in [-0.2, -0.15) is 23.5 Å². The van der Waals surface area contributed by atoms with E-state index in [1.54, 1.807) is 12.4 Å². The molecule has 4 heteroatoms. The predicted octanol–water partition coefficient (Wildman–Crippen LogP) is 2.27. The molecule has 0 saturated carbocycles. The van der Waals surface area contributed by atoms with Crippen LogP contribution in [-0.4, -0.2) is 32.6 Å². The van der Waals surface area contributed by atoms with Gasteiger partial charge in [0.15, 0.2) is 0 Å². The number of aryl methyl sites for hydroxylation is 1. The van der Waals surface area contributed by atoms with Gasteiger partial charge in [-0.1, -0.05) is 0 Å². The highest BCUT2D eigenvalue weighted by Crippen LogP contribution is 2.34. The second kappa shape index (κ2) is 5.23. The zero-order valence-corrected chi connectivity index (χ0v) is 10.4. The van der Waals surface area contributed by atoms with E-state index < -0.39 is 0 Å². The Labute approximate surface area is 98.9 Å². The molecule has 1 aromatic heterocycles. The Hall–Kier alpha value is -0.190. The van der Waals surface area contributed by atoms with Crippen LogP contribution in [0, 0.1) is 6.92 Å². The van der Waals surface area contributed by atoms with Crippen molar-refractivity contribution in [2.75, 3.05) is 17.3 Å². The van der Waals surface area contributed by atoms with Crippen molar-refractivity contribution in [2.45, 2.75) is 18.3 Å². The number of nitrogens with zero attached hydrogens (tertiary/aromatic N) is 1. The summed E-state index contributed by atoms with van der Waals surface area (Å²) in [6, 6.07) is 1.96. The molecule has 1 fully saturated rings. The van der Waals surface area contributed by atoms with E-state index in [-0.39, 0.29) is 6.10 Å². The topological polar surface area (TPSA) is 33.1 Å². The van der Waals surface area contributed by atoms with Crippen LogP contribution in [0.4, 0.5) is 0 Å². The number of aromatic nitrogens is 1. The molecule has 1 saturated heterocycles. The van der Waals surface area contributed by atoms with Crippen molar-refractivity contribution in [3.8, 4) is 0 Å². The second-order valence-corrected chi connectivity index (χ2v) is 6.16. The molecule has 2 atom stereocenters. The Bertz CT molecular complexity index is 326. The highest BCUT2D eigenvalue weighted by atomic mass is 32.2. The van der Waals surface area contributed by atoms with E-state index >= 15 is 0 Å². The molecule has 1 aliphatic rings. The van der Waals surface area contributed by atoms with Crippen LogP contribution in [0.3, 0.4) is 0 Å². The minimum Gasteiger partial charge on any atom is -0.387 e. The highest BCUT2D eigenvalue weighted by molar-refractivity contribution is 8.06. The van der Waals surface area contributed by atoms with Crippen molar-refractivity contribution in [3.05, 3.63) is 29.6 Å². The lowest BCUT2D eigenvalue weighted by molar-refractivity contribution is 0.179. The lowest BCUT2D eigenvalue weighted by Gasteiger charge is -2.26.